The van der Waals surface area contributed by atoms with Crippen molar-refractivity contribution in [3.05, 3.63) is 35.6 Å². The topological polar surface area (TPSA) is 32.3 Å². The highest BCUT2D eigenvalue weighted by molar-refractivity contribution is 5.82. The molecule has 0 radical (unpaired) electrons. The second kappa shape index (κ2) is 7.22. The van der Waals surface area contributed by atoms with Gasteiger partial charge in [0.05, 0.1) is 6.04 Å². The number of hydrogen-bond donors (Lipinski definition) is 1. The van der Waals surface area contributed by atoms with E-state index in [1.54, 1.807) is 0 Å². The first-order valence-corrected chi connectivity index (χ1v) is 9.31. The van der Waals surface area contributed by atoms with Gasteiger partial charge in [-0.15, -0.1) is 0 Å². The summed E-state index contributed by atoms with van der Waals surface area (Å²) in [5.41, 5.74) is 1.15. The van der Waals surface area contributed by atoms with Crippen molar-refractivity contribution in [2.45, 2.75) is 69.9 Å². The van der Waals surface area contributed by atoms with Crippen molar-refractivity contribution < 1.29 is 9.18 Å². The zero-order chi connectivity index (χ0) is 17.2. The molecule has 132 valence electrons. The number of nitrogens with zero attached hydrogens (tertiary/aromatic N) is 1. The molecule has 24 heavy (non-hydrogen) atoms. The molecule has 1 unspecified atom stereocenters. The van der Waals surface area contributed by atoms with E-state index in [4.69, 9.17) is 0 Å². The van der Waals surface area contributed by atoms with Crippen molar-refractivity contribution in [2.75, 3.05) is 13.1 Å². The van der Waals surface area contributed by atoms with E-state index in [-0.39, 0.29) is 23.2 Å². The predicted molar refractivity (Wildman–Crippen MR) is 94.4 cm³/mol. The fraction of sp³-hybridized carbons (Fsp3) is 0.650. The zero-order valence-corrected chi connectivity index (χ0v) is 14.9. The maximum atomic E-state index is 13.2. The van der Waals surface area contributed by atoms with Crippen LogP contribution in [0.15, 0.2) is 24.3 Å². The molecule has 1 heterocycles. The Kier molecular flexibility index (Phi) is 5.24. The van der Waals surface area contributed by atoms with Crippen LogP contribution in [0.3, 0.4) is 0 Å². The van der Waals surface area contributed by atoms with Crippen LogP contribution in [-0.4, -0.2) is 36.0 Å². The minimum Gasteiger partial charge on any atom is -0.354 e. The summed E-state index contributed by atoms with van der Waals surface area (Å²) in [6.07, 6.45) is 6.57. The molecule has 1 aliphatic carbocycles. The number of benzene rings is 1. The van der Waals surface area contributed by atoms with Crippen LogP contribution >= 0.6 is 0 Å². The van der Waals surface area contributed by atoms with E-state index in [0.717, 1.165) is 37.8 Å². The fourth-order valence-corrected chi connectivity index (χ4v) is 4.20. The third-order valence-electron chi connectivity index (χ3n) is 5.88. The van der Waals surface area contributed by atoms with E-state index in [1.807, 2.05) is 12.1 Å². The molecule has 1 atom stereocenters. The van der Waals surface area contributed by atoms with Gasteiger partial charge in [0.25, 0.3) is 0 Å². The van der Waals surface area contributed by atoms with Crippen LogP contribution in [0.1, 0.15) is 57.9 Å². The van der Waals surface area contributed by atoms with Crippen molar-refractivity contribution in [1.29, 1.82) is 0 Å². The second-order valence-electron chi connectivity index (χ2n) is 7.70. The number of carbonyl (C=O) groups is 1. The summed E-state index contributed by atoms with van der Waals surface area (Å²) in [5.74, 6) is -0.0381. The van der Waals surface area contributed by atoms with Crippen molar-refractivity contribution in [3.63, 3.8) is 0 Å². The van der Waals surface area contributed by atoms with Gasteiger partial charge in [0, 0.05) is 18.0 Å². The largest absolute Gasteiger partial charge is 0.354 e. The number of rotatable bonds is 5. The normalized spacial score (nSPS) is 23.8. The van der Waals surface area contributed by atoms with E-state index in [0.29, 0.717) is 12.6 Å². The summed E-state index contributed by atoms with van der Waals surface area (Å²) >= 11 is 0. The summed E-state index contributed by atoms with van der Waals surface area (Å²) in [6.45, 7) is 6.01. The second-order valence-corrected chi connectivity index (χ2v) is 7.70. The Hall–Kier alpha value is -1.42. The van der Waals surface area contributed by atoms with Crippen LogP contribution in [0.4, 0.5) is 4.39 Å². The van der Waals surface area contributed by atoms with Crippen LogP contribution in [0, 0.1) is 5.82 Å². The number of hydrogen-bond acceptors (Lipinski definition) is 2. The molecule has 4 heteroatoms. The Morgan fingerprint density at radius 2 is 1.96 bits per heavy atom. The van der Waals surface area contributed by atoms with Gasteiger partial charge in [-0.25, -0.2) is 4.39 Å². The number of piperidine rings is 1. The fourth-order valence-electron chi connectivity index (χ4n) is 4.20. The van der Waals surface area contributed by atoms with Gasteiger partial charge in [-0.05, 0) is 63.8 Å². The van der Waals surface area contributed by atoms with E-state index < -0.39 is 0 Å². The smallest absolute Gasteiger partial charge is 0.237 e. The van der Waals surface area contributed by atoms with Crippen LogP contribution in [0.25, 0.3) is 0 Å². The Morgan fingerprint density at radius 3 is 2.54 bits per heavy atom. The quantitative estimate of drug-likeness (QED) is 0.893. The summed E-state index contributed by atoms with van der Waals surface area (Å²) in [7, 11) is 0. The SMILES string of the molecule is CC(C)N1CCCCC1C(=O)NCC1(c2ccc(F)cc2)CCC1. The number of likely N-dealkylation sites (tertiary alicyclic amines) is 1. The number of nitrogens with one attached hydrogen (secondary N) is 1. The lowest BCUT2D eigenvalue weighted by Crippen LogP contribution is -2.54. The van der Waals surface area contributed by atoms with Crippen LogP contribution in [-0.2, 0) is 10.2 Å². The van der Waals surface area contributed by atoms with Gasteiger partial charge in [0.15, 0.2) is 0 Å². The molecule has 0 spiro atoms. The Bertz CT molecular complexity index is 566. The number of halogens is 1. The van der Waals surface area contributed by atoms with Crippen molar-refractivity contribution in [2.24, 2.45) is 0 Å². The highest BCUT2D eigenvalue weighted by atomic mass is 19.1. The minimum absolute atomic E-state index is 0.000682. The lowest BCUT2D eigenvalue weighted by atomic mass is 9.64. The molecular weight excluding hydrogens is 303 g/mol. The zero-order valence-electron chi connectivity index (χ0n) is 14.9. The lowest BCUT2D eigenvalue weighted by molar-refractivity contribution is -0.129. The molecule has 1 aromatic carbocycles. The Morgan fingerprint density at radius 1 is 1.25 bits per heavy atom. The van der Waals surface area contributed by atoms with E-state index in [1.165, 1.54) is 25.0 Å². The molecule has 1 saturated heterocycles. The van der Waals surface area contributed by atoms with Gasteiger partial charge in [-0.3, -0.25) is 9.69 Å². The third-order valence-corrected chi connectivity index (χ3v) is 5.88. The van der Waals surface area contributed by atoms with E-state index in [9.17, 15) is 9.18 Å². The average molecular weight is 332 g/mol. The van der Waals surface area contributed by atoms with E-state index >= 15 is 0 Å². The van der Waals surface area contributed by atoms with Gasteiger partial charge in [-0.1, -0.05) is 25.0 Å². The van der Waals surface area contributed by atoms with Crippen molar-refractivity contribution >= 4 is 5.91 Å². The molecule has 1 saturated carbocycles. The predicted octanol–water partition coefficient (Wildman–Crippen LogP) is 3.63. The molecule has 2 fully saturated rings. The van der Waals surface area contributed by atoms with Gasteiger partial charge in [0.1, 0.15) is 5.82 Å². The average Bonchev–Trinajstić information content (AvgIpc) is 2.55. The summed E-state index contributed by atoms with van der Waals surface area (Å²) in [6, 6.07) is 7.21. The molecule has 1 aromatic rings. The summed E-state index contributed by atoms with van der Waals surface area (Å²) in [4.78, 5) is 15.1. The summed E-state index contributed by atoms with van der Waals surface area (Å²) in [5, 5.41) is 3.22. The number of carbonyl (C=O) groups excluding carboxylic acids is 1. The highest BCUT2D eigenvalue weighted by Gasteiger charge is 2.40. The van der Waals surface area contributed by atoms with E-state index in [2.05, 4.69) is 24.1 Å². The minimum atomic E-state index is -0.202. The molecule has 1 N–H and O–H groups in total. The van der Waals surface area contributed by atoms with Gasteiger partial charge >= 0.3 is 0 Å². The molecule has 0 bridgehead atoms. The first kappa shape index (κ1) is 17.4. The highest BCUT2D eigenvalue weighted by Crippen LogP contribution is 2.43. The van der Waals surface area contributed by atoms with Crippen LogP contribution < -0.4 is 5.32 Å². The monoisotopic (exact) mass is 332 g/mol. The molecule has 3 rings (SSSR count). The molecule has 0 aromatic heterocycles. The first-order valence-electron chi connectivity index (χ1n) is 9.31. The Balaban J connectivity index is 1.65. The molecule has 2 aliphatic rings. The van der Waals surface area contributed by atoms with Crippen LogP contribution in [0.5, 0.6) is 0 Å². The number of amides is 1. The van der Waals surface area contributed by atoms with Crippen molar-refractivity contribution in [1.82, 2.24) is 10.2 Å². The standard InChI is InChI=1S/C20H29FN2O/c1-15(2)23-13-4-3-6-18(23)19(24)22-14-20(11-5-12-20)16-7-9-17(21)10-8-16/h7-10,15,18H,3-6,11-14H2,1-2H3,(H,22,24). The van der Waals surface area contributed by atoms with Crippen molar-refractivity contribution in [3.8, 4) is 0 Å². The Labute approximate surface area is 144 Å². The lowest BCUT2D eigenvalue weighted by Gasteiger charge is -2.44. The molecule has 1 amide bonds. The van der Waals surface area contributed by atoms with Gasteiger partial charge in [-0.2, -0.15) is 0 Å². The van der Waals surface area contributed by atoms with Gasteiger partial charge < -0.3 is 5.32 Å². The molecule has 1 aliphatic heterocycles. The molecular formula is C20H29FN2O. The maximum absolute atomic E-state index is 13.2. The maximum Gasteiger partial charge on any atom is 0.237 e. The third kappa shape index (κ3) is 3.49. The van der Waals surface area contributed by atoms with Gasteiger partial charge in [0.2, 0.25) is 5.91 Å². The molecule has 3 nitrogen and oxygen atoms in total. The first-order chi connectivity index (χ1) is 11.5. The van der Waals surface area contributed by atoms with Crippen LogP contribution in [0.2, 0.25) is 0 Å². The summed E-state index contributed by atoms with van der Waals surface area (Å²) < 4.78 is 13.2.